The van der Waals surface area contributed by atoms with Crippen molar-refractivity contribution in [3.63, 3.8) is 0 Å². The van der Waals surface area contributed by atoms with E-state index in [1.54, 1.807) is 6.07 Å². The van der Waals surface area contributed by atoms with Gasteiger partial charge in [0.2, 0.25) is 0 Å². The van der Waals surface area contributed by atoms with E-state index in [1.807, 2.05) is 12.1 Å². The first-order valence-electron chi connectivity index (χ1n) is 6.47. The molecule has 1 saturated heterocycles. The second kappa shape index (κ2) is 5.85. The third kappa shape index (κ3) is 3.74. The summed E-state index contributed by atoms with van der Waals surface area (Å²) in [5, 5.41) is 9.24. The highest BCUT2D eigenvalue weighted by Crippen LogP contribution is 2.30. The first-order valence-corrected chi connectivity index (χ1v) is 6.85. The molecule has 1 N–H and O–H groups in total. The van der Waals surface area contributed by atoms with Gasteiger partial charge in [-0.25, -0.2) is 4.79 Å². The van der Waals surface area contributed by atoms with Gasteiger partial charge in [-0.15, -0.1) is 0 Å². The van der Waals surface area contributed by atoms with Gasteiger partial charge in [-0.05, 0) is 37.6 Å². The van der Waals surface area contributed by atoms with Crippen molar-refractivity contribution < 1.29 is 14.6 Å². The van der Waals surface area contributed by atoms with Crippen LogP contribution in [0.25, 0.3) is 6.08 Å². The molecule has 0 aliphatic carbocycles. The number of carboxylic acids is 1. The maximum atomic E-state index is 10.5. The molecule has 0 saturated carbocycles. The highest BCUT2D eigenvalue weighted by atomic mass is 35.5. The maximum absolute atomic E-state index is 10.5. The van der Waals surface area contributed by atoms with Gasteiger partial charge in [0.25, 0.3) is 0 Å². The van der Waals surface area contributed by atoms with E-state index < -0.39 is 5.97 Å². The van der Waals surface area contributed by atoms with Crippen molar-refractivity contribution in [2.75, 3.05) is 24.6 Å². The number of benzene rings is 1. The number of aliphatic carboxylic acids is 1. The lowest BCUT2D eigenvalue weighted by Gasteiger charge is -2.39. The third-order valence-electron chi connectivity index (χ3n) is 3.16. The average Bonchev–Trinajstić information content (AvgIpc) is 2.35. The Labute approximate surface area is 123 Å². The van der Waals surface area contributed by atoms with Crippen molar-refractivity contribution in [2.24, 2.45) is 0 Å². The van der Waals surface area contributed by atoms with E-state index in [0.29, 0.717) is 11.6 Å². The van der Waals surface area contributed by atoms with Crippen LogP contribution in [0, 0.1) is 0 Å². The topological polar surface area (TPSA) is 49.8 Å². The number of ether oxygens (including phenoxy) is 1. The molecule has 20 heavy (non-hydrogen) atoms. The number of hydrogen-bond donors (Lipinski definition) is 1. The van der Waals surface area contributed by atoms with Gasteiger partial charge >= 0.3 is 5.97 Å². The molecule has 0 radical (unpaired) electrons. The minimum absolute atomic E-state index is 0.191. The molecule has 0 aromatic heterocycles. The Bertz CT molecular complexity index is 540. The van der Waals surface area contributed by atoms with Crippen molar-refractivity contribution in [1.82, 2.24) is 0 Å². The average molecular weight is 296 g/mol. The number of morpholine rings is 1. The third-order valence-corrected chi connectivity index (χ3v) is 3.46. The normalized spacial score (nSPS) is 18.4. The summed E-state index contributed by atoms with van der Waals surface area (Å²) in [4.78, 5) is 12.7. The van der Waals surface area contributed by atoms with Crippen LogP contribution in [0.5, 0.6) is 0 Å². The van der Waals surface area contributed by atoms with Crippen LogP contribution >= 0.6 is 11.6 Å². The van der Waals surface area contributed by atoms with Gasteiger partial charge in [0.1, 0.15) is 0 Å². The lowest BCUT2D eigenvalue weighted by atomic mass is 10.1. The summed E-state index contributed by atoms with van der Waals surface area (Å²) in [6.45, 7) is 6.35. The molecule has 1 aliphatic heterocycles. The zero-order valence-corrected chi connectivity index (χ0v) is 12.4. The molecular weight excluding hydrogens is 278 g/mol. The predicted octanol–water partition coefficient (Wildman–Crippen LogP) is 3.05. The van der Waals surface area contributed by atoms with E-state index in [1.165, 1.54) is 6.08 Å². The van der Waals surface area contributed by atoms with E-state index in [0.717, 1.165) is 30.4 Å². The zero-order valence-electron chi connectivity index (χ0n) is 11.6. The molecule has 1 aromatic rings. The Kier molecular flexibility index (Phi) is 4.35. The zero-order chi connectivity index (χ0) is 14.8. The molecule has 1 aromatic carbocycles. The van der Waals surface area contributed by atoms with Crippen LogP contribution in [-0.2, 0) is 9.53 Å². The number of hydrogen-bond acceptors (Lipinski definition) is 3. The van der Waals surface area contributed by atoms with Gasteiger partial charge in [0, 0.05) is 19.2 Å². The van der Waals surface area contributed by atoms with E-state index in [9.17, 15) is 4.79 Å². The minimum atomic E-state index is -0.972. The maximum Gasteiger partial charge on any atom is 0.328 e. The van der Waals surface area contributed by atoms with Gasteiger partial charge in [0.05, 0.1) is 22.9 Å². The largest absolute Gasteiger partial charge is 0.478 e. The summed E-state index contributed by atoms with van der Waals surface area (Å²) >= 11 is 6.31. The van der Waals surface area contributed by atoms with Crippen molar-refractivity contribution in [3.8, 4) is 0 Å². The monoisotopic (exact) mass is 295 g/mol. The molecule has 5 heteroatoms. The van der Waals surface area contributed by atoms with Crippen molar-refractivity contribution >= 4 is 29.3 Å². The van der Waals surface area contributed by atoms with E-state index in [2.05, 4.69) is 18.7 Å². The van der Waals surface area contributed by atoms with Crippen molar-refractivity contribution in [3.05, 3.63) is 34.9 Å². The Morgan fingerprint density at radius 3 is 2.85 bits per heavy atom. The van der Waals surface area contributed by atoms with Crippen molar-refractivity contribution in [1.29, 1.82) is 0 Å². The molecule has 0 bridgehead atoms. The smallest absolute Gasteiger partial charge is 0.328 e. The summed E-state index contributed by atoms with van der Waals surface area (Å²) in [7, 11) is 0. The van der Waals surface area contributed by atoms with Gasteiger partial charge in [0.15, 0.2) is 0 Å². The number of nitrogens with zero attached hydrogens (tertiary/aromatic N) is 1. The summed E-state index contributed by atoms with van der Waals surface area (Å²) in [6.07, 6.45) is 2.63. The molecule has 0 amide bonds. The Morgan fingerprint density at radius 1 is 1.50 bits per heavy atom. The number of rotatable bonds is 3. The van der Waals surface area contributed by atoms with Gasteiger partial charge in [-0.2, -0.15) is 0 Å². The SMILES string of the molecule is CC1(C)CN(c2ccc(/C=C/C(=O)O)cc2Cl)CCO1. The fourth-order valence-corrected chi connectivity index (χ4v) is 2.58. The Hall–Kier alpha value is -1.52. The number of halogens is 1. The molecule has 1 fully saturated rings. The van der Waals surface area contributed by atoms with Crippen LogP contribution in [-0.4, -0.2) is 36.4 Å². The molecule has 108 valence electrons. The van der Waals surface area contributed by atoms with E-state index in [-0.39, 0.29) is 5.60 Å². The number of carbonyl (C=O) groups is 1. The molecule has 0 unspecified atom stereocenters. The second-order valence-corrected chi connectivity index (χ2v) is 5.82. The first kappa shape index (κ1) is 14.9. The minimum Gasteiger partial charge on any atom is -0.478 e. The second-order valence-electron chi connectivity index (χ2n) is 5.41. The number of anilines is 1. The van der Waals surface area contributed by atoms with Crippen LogP contribution < -0.4 is 4.90 Å². The molecule has 0 atom stereocenters. The lowest BCUT2D eigenvalue weighted by Crippen LogP contribution is -2.48. The van der Waals surface area contributed by atoms with Crippen LogP contribution in [0.15, 0.2) is 24.3 Å². The Morgan fingerprint density at radius 2 is 2.25 bits per heavy atom. The summed E-state index contributed by atoms with van der Waals surface area (Å²) < 4.78 is 5.68. The van der Waals surface area contributed by atoms with Gasteiger partial charge < -0.3 is 14.7 Å². The van der Waals surface area contributed by atoms with E-state index >= 15 is 0 Å². The Balaban J connectivity index is 2.19. The van der Waals surface area contributed by atoms with Crippen LogP contribution in [0.4, 0.5) is 5.69 Å². The molecule has 2 rings (SSSR count). The highest BCUT2D eigenvalue weighted by Gasteiger charge is 2.28. The summed E-state index contributed by atoms with van der Waals surface area (Å²) in [5.74, 6) is -0.972. The highest BCUT2D eigenvalue weighted by molar-refractivity contribution is 6.33. The van der Waals surface area contributed by atoms with Crippen LogP contribution in [0.3, 0.4) is 0 Å². The van der Waals surface area contributed by atoms with Crippen molar-refractivity contribution in [2.45, 2.75) is 19.4 Å². The van der Waals surface area contributed by atoms with Crippen LogP contribution in [0.2, 0.25) is 5.02 Å². The van der Waals surface area contributed by atoms with Gasteiger partial charge in [-0.3, -0.25) is 0 Å². The standard InChI is InChI=1S/C15H18ClNO3/c1-15(2)10-17(7-8-20-15)13-5-3-11(9-12(13)16)4-6-14(18)19/h3-6,9H,7-8,10H2,1-2H3,(H,18,19)/b6-4+. The van der Waals surface area contributed by atoms with E-state index in [4.69, 9.17) is 21.4 Å². The fraction of sp³-hybridized carbons (Fsp3) is 0.400. The molecule has 1 heterocycles. The predicted molar refractivity (Wildman–Crippen MR) is 80.4 cm³/mol. The molecular formula is C15H18ClNO3. The molecule has 0 spiro atoms. The fourth-order valence-electron chi connectivity index (χ4n) is 2.27. The summed E-state index contributed by atoms with van der Waals surface area (Å²) in [5.41, 5.74) is 1.54. The number of carboxylic acid groups (broad SMARTS) is 1. The lowest BCUT2D eigenvalue weighted by molar-refractivity contribution is -0.131. The summed E-state index contributed by atoms with van der Waals surface area (Å²) in [6, 6.07) is 5.56. The van der Waals surface area contributed by atoms with Gasteiger partial charge in [-0.1, -0.05) is 17.7 Å². The van der Waals surface area contributed by atoms with Crippen LogP contribution in [0.1, 0.15) is 19.4 Å². The molecule has 1 aliphatic rings. The quantitative estimate of drug-likeness (QED) is 0.871. The molecule has 4 nitrogen and oxygen atoms in total. The first-order chi connectivity index (χ1) is 9.37.